The molecule has 2 aromatic carbocycles. The molecule has 0 aliphatic carbocycles. The van der Waals surface area contributed by atoms with E-state index < -0.39 is 0 Å². The largest absolute Gasteiger partial charge is 0.324 e. The third kappa shape index (κ3) is 4.01. The summed E-state index contributed by atoms with van der Waals surface area (Å²) in [6.45, 7) is 3.76. The van der Waals surface area contributed by atoms with E-state index in [1.807, 2.05) is 62.4 Å². The summed E-state index contributed by atoms with van der Waals surface area (Å²) in [7, 11) is 0. The molecule has 5 nitrogen and oxygen atoms in total. The van der Waals surface area contributed by atoms with E-state index in [2.05, 4.69) is 10.4 Å². The van der Waals surface area contributed by atoms with Gasteiger partial charge in [-0.15, -0.1) is 0 Å². The van der Waals surface area contributed by atoms with Gasteiger partial charge in [-0.25, -0.2) is 4.68 Å². The minimum atomic E-state index is -0.309. The number of anilines is 1. The van der Waals surface area contributed by atoms with E-state index in [-0.39, 0.29) is 18.0 Å². The quantitative estimate of drug-likeness (QED) is 0.797. The van der Waals surface area contributed by atoms with Gasteiger partial charge < -0.3 is 5.32 Å². The molecule has 0 fully saturated rings. The van der Waals surface area contributed by atoms with E-state index in [0.29, 0.717) is 5.69 Å². The summed E-state index contributed by atoms with van der Waals surface area (Å²) in [5.74, 6) is -0.284. The van der Waals surface area contributed by atoms with Gasteiger partial charge in [0.15, 0.2) is 0 Å². The predicted octanol–water partition coefficient (Wildman–Crippen LogP) is 3.17. The Bertz CT molecular complexity index is 962. The number of aromatic nitrogens is 2. The number of carbonyl (C=O) groups excluding carboxylic acids is 1. The Morgan fingerprint density at radius 3 is 2.56 bits per heavy atom. The maximum absolute atomic E-state index is 12.3. The molecule has 25 heavy (non-hydrogen) atoms. The molecule has 3 aromatic rings. The van der Waals surface area contributed by atoms with Gasteiger partial charge in [0.2, 0.25) is 5.91 Å². The van der Waals surface area contributed by atoms with Gasteiger partial charge >= 0.3 is 0 Å². The minimum Gasteiger partial charge on any atom is -0.324 e. The van der Waals surface area contributed by atoms with Gasteiger partial charge in [-0.2, -0.15) is 5.10 Å². The average Bonchev–Trinajstić information content (AvgIpc) is 2.61. The first kappa shape index (κ1) is 16.6. The molecule has 3 rings (SSSR count). The topological polar surface area (TPSA) is 64.0 Å². The maximum atomic E-state index is 12.3. The van der Waals surface area contributed by atoms with Crippen molar-refractivity contribution in [2.24, 2.45) is 0 Å². The number of nitrogens with zero attached hydrogens (tertiary/aromatic N) is 2. The second-order valence-corrected chi connectivity index (χ2v) is 5.95. The van der Waals surface area contributed by atoms with Crippen LogP contribution in [0.3, 0.4) is 0 Å². The van der Waals surface area contributed by atoms with Crippen LogP contribution in [0.1, 0.15) is 11.1 Å². The molecule has 0 aliphatic rings. The zero-order chi connectivity index (χ0) is 17.8. The Balaban J connectivity index is 1.81. The molecule has 1 N–H and O–H groups in total. The number of nitrogens with one attached hydrogen (secondary N) is 1. The number of hydrogen-bond donors (Lipinski definition) is 1. The van der Waals surface area contributed by atoms with Crippen molar-refractivity contribution in [2.45, 2.75) is 20.4 Å². The molecule has 1 heterocycles. The van der Waals surface area contributed by atoms with Gasteiger partial charge in [0.05, 0.1) is 5.69 Å². The van der Waals surface area contributed by atoms with E-state index in [0.717, 1.165) is 22.4 Å². The number of carbonyl (C=O) groups is 1. The van der Waals surface area contributed by atoms with Gasteiger partial charge in [0.25, 0.3) is 5.56 Å². The first-order valence-electron chi connectivity index (χ1n) is 8.03. The van der Waals surface area contributed by atoms with Crippen LogP contribution in [0, 0.1) is 13.8 Å². The van der Waals surface area contributed by atoms with Crippen molar-refractivity contribution < 1.29 is 4.79 Å². The number of rotatable bonds is 4. The van der Waals surface area contributed by atoms with Crippen molar-refractivity contribution in [3.8, 4) is 11.3 Å². The molecular weight excluding hydrogens is 314 g/mol. The lowest BCUT2D eigenvalue weighted by atomic mass is 10.1. The van der Waals surface area contributed by atoms with Crippen LogP contribution in [-0.2, 0) is 11.3 Å². The molecule has 1 amide bonds. The van der Waals surface area contributed by atoms with Crippen LogP contribution < -0.4 is 10.9 Å². The fourth-order valence-corrected chi connectivity index (χ4v) is 2.52. The first-order chi connectivity index (χ1) is 12.0. The second kappa shape index (κ2) is 7.13. The van der Waals surface area contributed by atoms with Crippen LogP contribution in [0.2, 0.25) is 0 Å². The third-order valence-corrected chi connectivity index (χ3v) is 3.90. The molecule has 1 aromatic heterocycles. The Kier molecular flexibility index (Phi) is 4.75. The van der Waals surface area contributed by atoms with E-state index in [1.54, 1.807) is 6.07 Å². The molecule has 0 unspecified atom stereocenters. The SMILES string of the molecule is Cc1ccc(C)c(NC(=O)Cn2nc(-c3ccccc3)ccc2=O)c1. The van der Waals surface area contributed by atoms with Gasteiger partial charge in [-0.1, -0.05) is 42.5 Å². The van der Waals surface area contributed by atoms with E-state index in [1.165, 1.54) is 10.7 Å². The molecule has 0 spiro atoms. The number of benzene rings is 2. The van der Waals surface area contributed by atoms with Crippen LogP contribution in [0.25, 0.3) is 11.3 Å². The van der Waals surface area contributed by atoms with Crippen molar-refractivity contribution in [2.75, 3.05) is 5.32 Å². The molecule has 0 saturated carbocycles. The highest BCUT2D eigenvalue weighted by atomic mass is 16.2. The fraction of sp³-hybridized carbons (Fsp3) is 0.150. The lowest BCUT2D eigenvalue weighted by molar-refractivity contribution is -0.117. The van der Waals surface area contributed by atoms with Crippen molar-refractivity contribution in [3.05, 3.63) is 82.1 Å². The number of aryl methyl sites for hydroxylation is 2. The lowest BCUT2D eigenvalue weighted by Crippen LogP contribution is -2.29. The second-order valence-electron chi connectivity index (χ2n) is 5.95. The van der Waals surface area contributed by atoms with Crippen molar-refractivity contribution in [3.63, 3.8) is 0 Å². The summed E-state index contributed by atoms with van der Waals surface area (Å²) in [6, 6.07) is 18.5. The van der Waals surface area contributed by atoms with E-state index in [9.17, 15) is 9.59 Å². The molecule has 0 saturated heterocycles. The Labute approximate surface area is 145 Å². The summed E-state index contributed by atoms with van der Waals surface area (Å²) >= 11 is 0. The predicted molar refractivity (Wildman–Crippen MR) is 98.5 cm³/mol. The fourth-order valence-electron chi connectivity index (χ4n) is 2.52. The molecule has 0 radical (unpaired) electrons. The zero-order valence-electron chi connectivity index (χ0n) is 14.2. The van der Waals surface area contributed by atoms with Gasteiger partial charge in [0.1, 0.15) is 6.54 Å². The molecule has 126 valence electrons. The Morgan fingerprint density at radius 2 is 1.80 bits per heavy atom. The van der Waals surface area contributed by atoms with Crippen molar-refractivity contribution >= 4 is 11.6 Å². The highest BCUT2D eigenvalue weighted by molar-refractivity contribution is 5.91. The average molecular weight is 333 g/mol. The number of hydrogen-bond acceptors (Lipinski definition) is 3. The zero-order valence-corrected chi connectivity index (χ0v) is 14.2. The highest BCUT2D eigenvalue weighted by Crippen LogP contribution is 2.16. The lowest BCUT2D eigenvalue weighted by Gasteiger charge is -2.11. The monoisotopic (exact) mass is 333 g/mol. The van der Waals surface area contributed by atoms with Crippen LogP contribution in [0.4, 0.5) is 5.69 Å². The van der Waals surface area contributed by atoms with Crippen molar-refractivity contribution in [1.82, 2.24) is 9.78 Å². The summed E-state index contributed by atoms with van der Waals surface area (Å²) in [5, 5.41) is 7.15. The summed E-state index contributed by atoms with van der Waals surface area (Å²) in [6.07, 6.45) is 0. The van der Waals surface area contributed by atoms with Crippen LogP contribution in [0.15, 0.2) is 65.5 Å². The van der Waals surface area contributed by atoms with Gasteiger partial charge in [-0.3, -0.25) is 9.59 Å². The smallest absolute Gasteiger partial charge is 0.267 e. The number of amides is 1. The van der Waals surface area contributed by atoms with Gasteiger partial charge in [-0.05, 0) is 37.1 Å². The summed E-state index contributed by atoms with van der Waals surface area (Å²) in [4.78, 5) is 24.4. The molecule has 0 aliphatic heterocycles. The van der Waals surface area contributed by atoms with Crippen molar-refractivity contribution in [1.29, 1.82) is 0 Å². The van der Waals surface area contributed by atoms with Gasteiger partial charge in [0, 0.05) is 17.3 Å². The van der Waals surface area contributed by atoms with Crippen LogP contribution in [-0.4, -0.2) is 15.7 Å². The van der Waals surface area contributed by atoms with E-state index in [4.69, 9.17) is 0 Å². The van der Waals surface area contributed by atoms with Crippen LogP contribution in [0.5, 0.6) is 0 Å². The van der Waals surface area contributed by atoms with Crippen LogP contribution >= 0.6 is 0 Å². The minimum absolute atomic E-state index is 0.132. The maximum Gasteiger partial charge on any atom is 0.267 e. The Morgan fingerprint density at radius 1 is 1.04 bits per heavy atom. The molecule has 0 bridgehead atoms. The normalized spacial score (nSPS) is 10.5. The third-order valence-electron chi connectivity index (χ3n) is 3.90. The molecule has 0 atom stereocenters. The summed E-state index contributed by atoms with van der Waals surface area (Å²) in [5.41, 5.74) is 4.01. The highest BCUT2D eigenvalue weighted by Gasteiger charge is 2.09. The molecule has 5 heteroatoms. The van der Waals surface area contributed by atoms with E-state index >= 15 is 0 Å². The first-order valence-corrected chi connectivity index (χ1v) is 8.03. The standard InChI is InChI=1S/C20H19N3O2/c1-14-8-9-15(2)18(12-14)21-19(24)13-23-20(25)11-10-17(22-23)16-6-4-3-5-7-16/h3-12H,13H2,1-2H3,(H,21,24). The molecular formula is C20H19N3O2. The summed E-state index contributed by atoms with van der Waals surface area (Å²) < 4.78 is 1.18. The Hall–Kier alpha value is -3.21.